The van der Waals surface area contributed by atoms with Crippen LogP contribution in [0.2, 0.25) is 0 Å². The van der Waals surface area contributed by atoms with Crippen LogP contribution in [0.5, 0.6) is 0 Å². The fourth-order valence-corrected chi connectivity index (χ4v) is 5.46. The summed E-state index contributed by atoms with van der Waals surface area (Å²) in [5, 5.41) is 3.63. The second kappa shape index (κ2) is 7.73. The normalized spacial score (nSPS) is 30.2. The van der Waals surface area contributed by atoms with Crippen molar-refractivity contribution in [3.05, 3.63) is 41.8 Å². The topological polar surface area (TPSA) is 77.5 Å². The average Bonchev–Trinajstić information content (AvgIpc) is 2.65. The Morgan fingerprint density at radius 1 is 1.09 bits per heavy atom. The van der Waals surface area contributed by atoms with Gasteiger partial charge in [0.2, 0.25) is 0 Å². The number of halogens is 4. The number of amides is 1. The van der Waals surface area contributed by atoms with Crippen LogP contribution in [-0.2, 0) is 14.3 Å². The Morgan fingerprint density at radius 2 is 1.82 bits per heavy atom. The minimum atomic E-state index is -4.65. The van der Waals surface area contributed by atoms with E-state index >= 15 is 0 Å². The standard InChI is InChI=1S/C23H22F4N2O4/c24-14-2-4-18-13(5-14)1-3-19(28-18)20(31)29-22-10-21(11-22,12-22)8-15(30)9-32-16-6-17(7-16)33-23(25,26)27/h1-5,16-17H,6-12H2,(H,29,31). The molecular weight excluding hydrogens is 444 g/mol. The van der Waals surface area contributed by atoms with E-state index in [-0.39, 0.29) is 59.7 Å². The molecule has 1 heterocycles. The molecule has 4 aliphatic carbocycles. The average molecular weight is 466 g/mol. The number of hydrogen-bond donors (Lipinski definition) is 1. The summed E-state index contributed by atoms with van der Waals surface area (Å²) in [6.45, 7) is -0.119. The molecule has 4 fully saturated rings. The monoisotopic (exact) mass is 466 g/mol. The van der Waals surface area contributed by atoms with E-state index in [0.717, 1.165) is 0 Å². The number of benzene rings is 1. The number of nitrogens with zero attached hydrogens (tertiary/aromatic N) is 1. The predicted octanol–water partition coefficient (Wildman–Crippen LogP) is 4.07. The van der Waals surface area contributed by atoms with Gasteiger partial charge in [0.15, 0.2) is 5.78 Å². The van der Waals surface area contributed by atoms with Crippen LogP contribution in [-0.4, -0.2) is 47.4 Å². The zero-order chi connectivity index (χ0) is 23.4. The number of Topliss-reactive ketones (excluding diaryl/α,β-unsaturated/α-hetero) is 1. The molecule has 0 unspecified atom stereocenters. The molecule has 0 saturated heterocycles. The smallest absolute Gasteiger partial charge is 0.370 e. The van der Waals surface area contributed by atoms with Crippen molar-refractivity contribution in [1.29, 1.82) is 0 Å². The molecule has 1 amide bonds. The molecule has 0 atom stereocenters. The molecule has 1 N–H and O–H groups in total. The molecule has 4 aliphatic rings. The largest absolute Gasteiger partial charge is 0.522 e. The van der Waals surface area contributed by atoms with E-state index in [1.165, 1.54) is 18.2 Å². The van der Waals surface area contributed by atoms with Gasteiger partial charge < -0.3 is 10.1 Å². The molecule has 10 heteroatoms. The van der Waals surface area contributed by atoms with E-state index in [2.05, 4.69) is 15.0 Å². The third kappa shape index (κ3) is 4.59. The Kier molecular flexibility index (Phi) is 5.20. The van der Waals surface area contributed by atoms with Gasteiger partial charge in [-0.2, -0.15) is 0 Å². The van der Waals surface area contributed by atoms with Crippen LogP contribution in [0.4, 0.5) is 17.6 Å². The lowest BCUT2D eigenvalue weighted by Gasteiger charge is -2.70. The quantitative estimate of drug-likeness (QED) is 0.594. The zero-order valence-electron chi connectivity index (χ0n) is 17.6. The number of carbonyl (C=O) groups excluding carboxylic acids is 2. The fraction of sp³-hybridized carbons (Fsp3) is 0.522. The number of carbonyl (C=O) groups is 2. The van der Waals surface area contributed by atoms with Gasteiger partial charge in [-0.05, 0) is 48.9 Å². The van der Waals surface area contributed by atoms with Crippen molar-refractivity contribution in [2.75, 3.05) is 6.61 Å². The molecule has 1 aromatic heterocycles. The molecular formula is C23H22F4N2O4. The lowest BCUT2D eigenvalue weighted by atomic mass is 9.38. The van der Waals surface area contributed by atoms with E-state index in [4.69, 9.17) is 4.74 Å². The Bertz CT molecular complexity index is 1090. The molecule has 1 aromatic carbocycles. The summed E-state index contributed by atoms with van der Waals surface area (Å²) in [6, 6.07) is 7.39. The van der Waals surface area contributed by atoms with Gasteiger partial charge in [0.05, 0.1) is 17.7 Å². The molecule has 0 radical (unpaired) electrons. The third-order valence-electron chi connectivity index (χ3n) is 6.81. The number of fused-ring (bicyclic) bond motifs is 1. The van der Waals surface area contributed by atoms with Gasteiger partial charge in [-0.15, -0.1) is 13.2 Å². The van der Waals surface area contributed by atoms with Gasteiger partial charge in [-0.1, -0.05) is 6.07 Å². The SMILES string of the molecule is O=C(COC1CC(OC(F)(F)F)C1)CC12CC(NC(=O)c3ccc4cc(F)ccc4n3)(C1)C2. The summed E-state index contributed by atoms with van der Waals surface area (Å²) >= 11 is 0. The van der Waals surface area contributed by atoms with Gasteiger partial charge in [0, 0.05) is 30.2 Å². The maximum Gasteiger partial charge on any atom is 0.522 e. The van der Waals surface area contributed by atoms with Crippen LogP contribution >= 0.6 is 0 Å². The second-order valence-electron chi connectivity index (χ2n) is 9.60. The highest BCUT2D eigenvalue weighted by atomic mass is 19.4. The summed E-state index contributed by atoms with van der Waals surface area (Å²) in [5.41, 5.74) is 0.328. The first-order valence-corrected chi connectivity index (χ1v) is 10.8. The van der Waals surface area contributed by atoms with Crippen LogP contribution in [0.15, 0.2) is 30.3 Å². The van der Waals surface area contributed by atoms with Crippen molar-refractivity contribution in [1.82, 2.24) is 10.3 Å². The van der Waals surface area contributed by atoms with E-state index in [0.29, 0.717) is 36.6 Å². The highest BCUT2D eigenvalue weighted by Crippen LogP contribution is 2.69. The molecule has 33 heavy (non-hydrogen) atoms. The second-order valence-corrected chi connectivity index (χ2v) is 9.60. The lowest BCUT2D eigenvalue weighted by Crippen LogP contribution is -2.75. The number of ether oxygens (including phenoxy) is 2. The van der Waals surface area contributed by atoms with Gasteiger partial charge in [0.1, 0.15) is 18.1 Å². The summed E-state index contributed by atoms with van der Waals surface area (Å²) in [6.07, 6.45) is -3.25. The zero-order valence-corrected chi connectivity index (χ0v) is 17.6. The van der Waals surface area contributed by atoms with Crippen molar-refractivity contribution in [2.45, 2.75) is 62.6 Å². The number of rotatable bonds is 8. The minimum Gasteiger partial charge on any atom is -0.370 e. The molecule has 2 aromatic rings. The number of nitrogens with one attached hydrogen (secondary N) is 1. The molecule has 0 spiro atoms. The van der Waals surface area contributed by atoms with Crippen molar-refractivity contribution < 1.29 is 36.6 Å². The highest BCUT2D eigenvalue weighted by molar-refractivity contribution is 5.95. The highest BCUT2D eigenvalue weighted by Gasteiger charge is 2.68. The van der Waals surface area contributed by atoms with Crippen LogP contribution in [0.3, 0.4) is 0 Å². The molecule has 4 saturated carbocycles. The van der Waals surface area contributed by atoms with Gasteiger partial charge in [0.25, 0.3) is 5.91 Å². The number of ketones is 1. The molecule has 2 bridgehead atoms. The number of alkyl halides is 3. The van der Waals surface area contributed by atoms with Crippen molar-refractivity contribution in [3.8, 4) is 0 Å². The first kappa shape index (κ1) is 22.2. The minimum absolute atomic E-state index is 0.0850. The molecule has 176 valence electrons. The fourth-order valence-electron chi connectivity index (χ4n) is 5.46. The van der Waals surface area contributed by atoms with E-state index in [9.17, 15) is 27.2 Å². The van der Waals surface area contributed by atoms with E-state index in [1.54, 1.807) is 12.1 Å². The number of pyridine rings is 1. The van der Waals surface area contributed by atoms with Crippen molar-refractivity contribution in [2.24, 2.45) is 5.41 Å². The first-order chi connectivity index (χ1) is 15.5. The Hall–Kier alpha value is -2.59. The summed E-state index contributed by atoms with van der Waals surface area (Å²) in [7, 11) is 0. The van der Waals surface area contributed by atoms with Gasteiger partial charge >= 0.3 is 6.36 Å². The van der Waals surface area contributed by atoms with Crippen LogP contribution < -0.4 is 5.32 Å². The van der Waals surface area contributed by atoms with Crippen molar-refractivity contribution in [3.63, 3.8) is 0 Å². The predicted molar refractivity (Wildman–Crippen MR) is 108 cm³/mol. The Morgan fingerprint density at radius 3 is 2.52 bits per heavy atom. The van der Waals surface area contributed by atoms with Crippen LogP contribution in [0, 0.1) is 11.2 Å². The molecule has 6 nitrogen and oxygen atoms in total. The van der Waals surface area contributed by atoms with Gasteiger partial charge in [-0.25, -0.2) is 9.37 Å². The molecule has 6 rings (SSSR count). The van der Waals surface area contributed by atoms with Gasteiger partial charge in [-0.3, -0.25) is 14.3 Å². The first-order valence-electron chi connectivity index (χ1n) is 10.8. The van der Waals surface area contributed by atoms with Crippen LogP contribution in [0.25, 0.3) is 10.9 Å². The summed E-state index contributed by atoms with van der Waals surface area (Å²) in [5.74, 6) is -0.754. The third-order valence-corrected chi connectivity index (χ3v) is 6.81. The summed E-state index contributed by atoms with van der Waals surface area (Å²) < 4.78 is 59.0. The maximum absolute atomic E-state index is 13.3. The molecule has 0 aliphatic heterocycles. The summed E-state index contributed by atoms with van der Waals surface area (Å²) in [4.78, 5) is 29.2. The maximum atomic E-state index is 13.3. The number of aromatic nitrogens is 1. The van der Waals surface area contributed by atoms with Crippen LogP contribution in [0.1, 0.15) is 49.0 Å². The van der Waals surface area contributed by atoms with Crippen molar-refractivity contribution >= 4 is 22.6 Å². The number of hydrogen-bond acceptors (Lipinski definition) is 5. The Labute approximate surface area is 186 Å². The van der Waals surface area contributed by atoms with E-state index < -0.39 is 12.5 Å². The Balaban J connectivity index is 1.05. The lowest BCUT2D eigenvalue weighted by molar-refractivity contribution is -0.357. The van der Waals surface area contributed by atoms with E-state index in [1.807, 2.05) is 0 Å².